The molecule has 0 atom stereocenters. The topological polar surface area (TPSA) is 50.4 Å². The Kier molecular flexibility index (Phi) is 5.71. The third-order valence-corrected chi connectivity index (χ3v) is 4.47. The van der Waals surface area contributed by atoms with Crippen LogP contribution in [-0.4, -0.2) is 17.6 Å². The standard InChI is InChI=1S/C20H17ClN2O2S/c1-13-17(21)7-4-8-18(13)22-20(26)23-19(24)12-25-16-10-9-14-5-2-3-6-15(14)11-16/h2-11H,12H2,1H3,(H2,22,23,24,26). The van der Waals surface area contributed by atoms with Crippen molar-refractivity contribution in [2.45, 2.75) is 6.92 Å². The summed E-state index contributed by atoms with van der Waals surface area (Å²) in [5.74, 6) is 0.291. The third-order valence-electron chi connectivity index (χ3n) is 3.86. The molecule has 1 amide bonds. The fraction of sp³-hybridized carbons (Fsp3) is 0.100. The number of amides is 1. The van der Waals surface area contributed by atoms with E-state index in [0.717, 1.165) is 22.0 Å². The number of nitrogens with one attached hydrogen (secondary N) is 2. The lowest BCUT2D eigenvalue weighted by Gasteiger charge is -2.13. The van der Waals surface area contributed by atoms with Crippen LogP contribution < -0.4 is 15.4 Å². The summed E-state index contributed by atoms with van der Waals surface area (Å²) in [6, 6.07) is 19.1. The van der Waals surface area contributed by atoms with E-state index in [1.165, 1.54) is 0 Å². The summed E-state index contributed by atoms with van der Waals surface area (Å²) < 4.78 is 5.55. The maximum absolute atomic E-state index is 12.0. The molecule has 26 heavy (non-hydrogen) atoms. The minimum absolute atomic E-state index is 0.130. The van der Waals surface area contributed by atoms with Crippen molar-refractivity contribution < 1.29 is 9.53 Å². The predicted molar refractivity (Wildman–Crippen MR) is 110 cm³/mol. The molecule has 0 unspecified atom stereocenters. The molecule has 0 saturated heterocycles. The minimum atomic E-state index is -0.338. The molecule has 132 valence electrons. The monoisotopic (exact) mass is 384 g/mol. The lowest BCUT2D eigenvalue weighted by atomic mass is 10.1. The third kappa shape index (κ3) is 4.50. The molecule has 3 aromatic rings. The fourth-order valence-corrected chi connectivity index (χ4v) is 2.86. The van der Waals surface area contributed by atoms with Crippen LogP contribution in [0, 0.1) is 6.92 Å². The molecule has 0 aliphatic rings. The number of hydrogen-bond acceptors (Lipinski definition) is 3. The molecule has 3 aromatic carbocycles. The van der Waals surface area contributed by atoms with Crippen molar-refractivity contribution in [3.05, 3.63) is 71.2 Å². The van der Waals surface area contributed by atoms with Crippen molar-refractivity contribution >= 4 is 51.3 Å². The van der Waals surface area contributed by atoms with Gasteiger partial charge in [-0.15, -0.1) is 0 Å². The van der Waals surface area contributed by atoms with Gasteiger partial charge >= 0.3 is 0 Å². The summed E-state index contributed by atoms with van der Waals surface area (Å²) in [5.41, 5.74) is 1.61. The normalized spacial score (nSPS) is 10.4. The summed E-state index contributed by atoms with van der Waals surface area (Å²) in [7, 11) is 0. The average Bonchev–Trinajstić information content (AvgIpc) is 2.63. The SMILES string of the molecule is Cc1c(Cl)cccc1NC(=S)NC(=O)COc1ccc2ccccc2c1. The largest absolute Gasteiger partial charge is 0.484 e. The zero-order valence-electron chi connectivity index (χ0n) is 14.1. The van der Waals surface area contributed by atoms with Crippen LogP contribution in [0.1, 0.15) is 5.56 Å². The number of halogens is 1. The number of carbonyl (C=O) groups excluding carboxylic acids is 1. The van der Waals surface area contributed by atoms with Crippen molar-refractivity contribution in [3.63, 3.8) is 0 Å². The number of benzene rings is 3. The van der Waals surface area contributed by atoms with Crippen LogP contribution in [-0.2, 0) is 4.79 Å². The molecule has 0 aliphatic carbocycles. The summed E-state index contributed by atoms with van der Waals surface area (Å²) in [6.07, 6.45) is 0. The summed E-state index contributed by atoms with van der Waals surface area (Å²) >= 11 is 11.2. The second kappa shape index (κ2) is 8.17. The van der Waals surface area contributed by atoms with Crippen LogP contribution >= 0.6 is 23.8 Å². The van der Waals surface area contributed by atoms with E-state index >= 15 is 0 Å². The second-order valence-electron chi connectivity index (χ2n) is 5.71. The molecule has 0 bridgehead atoms. The molecular formula is C20H17ClN2O2S. The van der Waals surface area contributed by atoms with Gasteiger partial charge < -0.3 is 10.1 Å². The molecule has 0 fully saturated rings. The first-order chi connectivity index (χ1) is 12.5. The van der Waals surface area contributed by atoms with E-state index < -0.39 is 0 Å². The second-order valence-corrected chi connectivity index (χ2v) is 6.53. The van der Waals surface area contributed by atoms with Gasteiger partial charge in [0.25, 0.3) is 5.91 Å². The number of rotatable bonds is 4. The van der Waals surface area contributed by atoms with E-state index in [1.54, 1.807) is 6.07 Å². The predicted octanol–water partition coefficient (Wildman–Crippen LogP) is 4.69. The molecule has 0 saturated carbocycles. The van der Waals surface area contributed by atoms with Crippen LogP contribution in [0.4, 0.5) is 5.69 Å². The van der Waals surface area contributed by atoms with Crippen molar-refractivity contribution in [1.82, 2.24) is 5.32 Å². The van der Waals surface area contributed by atoms with Crippen molar-refractivity contribution in [2.24, 2.45) is 0 Å². The van der Waals surface area contributed by atoms with Crippen molar-refractivity contribution in [1.29, 1.82) is 0 Å². The highest BCUT2D eigenvalue weighted by atomic mass is 35.5. The Morgan fingerprint density at radius 2 is 1.85 bits per heavy atom. The Morgan fingerprint density at radius 1 is 1.08 bits per heavy atom. The molecule has 2 N–H and O–H groups in total. The van der Waals surface area contributed by atoms with E-state index in [-0.39, 0.29) is 17.6 Å². The van der Waals surface area contributed by atoms with Gasteiger partial charge in [-0.2, -0.15) is 0 Å². The Labute approximate surface area is 162 Å². The molecule has 0 aliphatic heterocycles. The van der Waals surface area contributed by atoms with Crippen LogP contribution in [0.15, 0.2) is 60.7 Å². The van der Waals surface area contributed by atoms with Gasteiger partial charge in [-0.05, 0) is 59.7 Å². The van der Waals surface area contributed by atoms with Gasteiger partial charge in [0.2, 0.25) is 0 Å². The minimum Gasteiger partial charge on any atom is -0.484 e. The van der Waals surface area contributed by atoms with Crippen LogP contribution in [0.5, 0.6) is 5.75 Å². The lowest BCUT2D eigenvalue weighted by molar-refractivity contribution is -0.121. The number of carbonyl (C=O) groups is 1. The maximum atomic E-state index is 12.0. The van der Waals surface area contributed by atoms with Crippen molar-refractivity contribution in [3.8, 4) is 5.75 Å². The number of ether oxygens (including phenoxy) is 1. The van der Waals surface area contributed by atoms with Gasteiger partial charge in [0.15, 0.2) is 11.7 Å². The van der Waals surface area contributed by atoms with Crippen LogP contribution in [0.2, 0.25) is 5.02 Å². The smallest absolute Gasteiger partial charge is 0.264 e. The van der Waals surface area contributed by atoms with Gasteiger partial charge in [0.05, 0.1) is 0 Å². The average molecular weight is 385 g/mol. The first kappa shape index (κ1) is 18.2. The number of hydrogen-bond donors (Lipinski definition) is 2. The Balaban J connectivity index is 1.54. The quantitative estimate of drug-likeness (QED) is 0.640. The maximum Gasteiger partial charge on any atom is 0.264 e. The van der Waals surface area contributed by atoms with Crippen LogP contribution in [0.25, 0.3) is 10.8 Å². The number of fused-ring (bicyclic) bond motifs is 1. The van der Waals surface area contributed by atoms with E-state index in [0.29, 0.717) is 10.8 Å². The molecule has 0 heterocycles. The molecule has 0 radical (unpaired) electrons. The lowest BCUT2D eigenvalue weighted by Crippen LogP contribution is -2.37. The van der Waals surface area contributed by atoms with Gasteiger partial charge in [0, 0.05) is 10.7 Å². The number of anilines is 1. The Hall–Kier alpha value is -2.63. The van der Waals surface area contributed by atoms with Crippen molar-refractivity contribution in [2.75, 3.05) is 11.9 Å². The molecule has 0 spiro atoms. The zero-order chi connectivity index (χ0) is 18.5. The van der Waals surface area contributed by atoms with Crippen LogP contribution in [0.3, 0.4) is 0 Å². The van der Waals surface area contributed by atoms with Gasteiger partial charge in [0.1, 0.15) is 5.75 Å². The Bertz CT molecular complexity index is 975. The summed E-state index contributed by atoms with van der Waals surface area (Å²) in [5, 5.41) is 8.56. The molecule has 0 aromatic heterocycles. The summed E-state index contributed by atoms with van der Waals surface area (Å²) in [6.45, 7) is 1.74. The van der Waals surface area contributed by atoms with Gasteiger partial charge in [-0.3, -0.25) is 10.1 Å². The highest BCUT2D eigenvalue weighted by Crippen LogP contribution is 2.23. The fourth-order valence-electron chi connectivity index (χ4n) is 2.47. The Morgan fingerprint density at radius 3 is 2.65 bits per heavy atom. The van der Waals surface area contributed by atoms with E-state index in [2.05, 4.69) is 10.6 Å². The zero-order valence-corrected chi connectivity index (χ0v) is 15.7. The van der Waals surface area contributed by atoms with Gasteiger partial charge in [-0.1, -0.05) is 48.0 Å². The summed E-state index contributed by atoms with van der Waals surface area (Å²) in [4.78, 5) is 12.0. The molecular weight excluding hydrogens is 368 g/mol. The van der Waals surface area contributed by atoms with Gasteiger partial charge in [-0.25, -0.2) is 0 Å². The molecule has 4 nitrogen and oxygen atoms in total. The van der Waals surface area contributed by atoms with E-state index in [1.807, 2.05) is 61.5 Å². The van der Waals surface area contributed by atoms with E-state index in [9.17, 15) is 4.79 Å². The van der Waals surface area contributed by atoms with E-state index in [4.69, 9.17) is 28.6 Å². The molecule has 3 rings (SSSR count). The first-order valence-corrected chi connectivity index (χ1v) is 8.79. The highest BCUT2D eigenvalue weighted by Gasteiger charge is 2.08. The number of thiocarbonyl (C=S) groups is 1. The highest BCUT2D eigenvalue weighted by molar-refractivity contribution is 7.80. The first-order valence-electron chi connectivity index (χ1n) is 8.00. The molecule has 6 heteroatoms.